The second-order valence-corrected chi connectivity index (χ2v) is 7.28. The molecule has 4 rings (SSSR count). The van der Waals surface area contributed by atoms with Crippen LogP contribution in [0.15, 0.2) is 33.6 Å². The van der Waals surface area contributed by atoms with Crippen LogP contribution < -0.4 is 5.69 Å². The molecule has 0 bridgehead atoms. The molecular formula is C19H23N5O3. The third-order valence-electron chi connectivity index (χ3n) is 5.06. The summed E-state index contributed by atoms with van der Waals surface area (Å²) < 4.78 is 6.93. The first-order chi connectivity index (χ1) is 13.0. The highest BCUT2D eigenvalue weighted by Gasteiger charge is 2.32. The van der Waals surface area contributed by atoms with Crippen LogP contribution >= 0.6 is 0 Å². The lowest BCUT2D eigenvalue weighted by molar-refractivity contribution is -0.136. The summed E-state index contributed by atoms with van der Waals surface area (Å²) >= 11 is 0. The molecular weight excluding hydrogens is 346 g/mol. The topological polar surface area (TPSA) is 97.0 Å². The number of hydrogen-bond donors (Lipinski definition) is 1. The number of likely N-dealkylation sites (tertiary alicyclic amines) is 1. The van der Waals surface area contributed by atoms with Crippen LogP contribution in [0.4, 0.5) is 0 Å². The fraction of sp³-hybridized carbons (Fsp3) is 0.474. The number of nitrogens with one attached hydrogen (secondary N) is 1. The number of benzene rings is 1. The lowest BCUT2D eigenvalue weighted by Gasteiger charge is -2.33. The molecule has 0 radical (unpaired) electrons. The number of carbonyl (C=O) groups is 1. The minimum absolute atomic E-state index is 0.00940. The van der Waals surface area contributed by atoms with Crippen molar-refractivity contribution < 1.29 is 9.32 Å². The van der Waals surface area contributed by atoms with Gasteiger partial charge in [-0.05, 0) is 31.4 Å². The third-order valence-corrected chi connectivity index (χ3v) is 5.06. The molecule has 1 atom stereocenters. The number of imidazole rings is 1. The standard InChI is InChI=1S/C19H23N5O3/c1-12(2)17-21-18(27-22-17)15-9-5-6-10-23(15)16(25)11-24-14-8-4-3-7-13(14)20-19(24)26/h3-4,7-8,12,15H,5-6,9-11H2,1-2H3,(H,20,26)/t15-/m1/s1. The Balaban J connectivity index is 1.60. The monoisotopic (exact) mass is 369 g/mol. The fourth-order valence-corrected chi connectivity index (χ4v) is 3.59. The molecule has 1 N–H and O–H groups in total. The zero-order valence-corrected chi connectivity index (χ0v) is 15.5. The van der Waals surface area contributed by atoms with Gasteiger partial charge in [0.05, 0.1) is 11.0 Å². The van der Waals surface area contributed by atoms with Gasteiger partial charge in [-0.2, -0.15) is 4.98 Å². The summed E-state index contributed by atoms with van der Waals surface area (Å²) in [6.07, 6.45) is 2.71. The molecule has 1 aliphatic heterocycles. The van der Waals surface area contributed by atoms with Gasteiger partial charge in [0.15, 0.2) is 5.82 Å². The van der Waals surface area contributed by atoms with Gasteiger partial charge in [-0.15, -0.1) is 0 Å². The van der Waals surface area contributed by atoms with E-state index in [1.54, 1.807) is 4.90 Å². The minimum atomic E-state index is -0.280. The molecule has 1 aromatic carbocycles. The molecule has 0 aliphatic carbocycles. The van der Waals surface area contributed by atoms with Crippen molar-refractivity contribution in [1.82, 2.24) is 24.6 Å². The van der Waals surface area contributed by atoms with Gasteiger partial charge in [0.2, 0.25) is 11.8 Å². The second kappa shape index (κ2) is 7.02. The number of aromatic nitrogens is 4. The second-order valence-electron chi connectivity index (χ2n) is 7.28. The molecule has 2 aromatic heterocycles. The van der Waals surface area contributed by atoms with Gasteiger partial charge < -0.3 is 14.4 Å². The van der Waals surface area contributed by atoms with Gasteiger partial charge in [-0.25, -0.2) is 4.79 Å². The fourth-order valence-electron chi connectivity index (χ4n) is 3.59. The number of hydrogen-bond acceptors (Lipinski definition) is 5. The van der Waals surface area contributed by atoms with E-state index in [-0.39, 0.29) is 30.1 Å². The van der Waals surface area contributed by atoms with Crippen molar-refractivity contribution in [2.45, 2.75) is 51.6 Å². The van der Waals surface area contributed by atoms with Crippen LogP contribution in [-0.4, -0.2) is 37.0 Å². The van der Waals surface area contributed by atoms with Crippen LogP contribution in [-0.2, 0) is 11.3 Å². The molecule has 1 saturated heterocycles. The smallest absolute Gasteiger partial charge is 0.326 e. The first-order valence-electron chi connectivity index (χ1n) is 9.35. The van der Waals surface area contributed by atoms with Crippen molar-refractivity contribution in [3.8, 4) is 0 Å². The van der Waals surface area contributed by atoms with E-state index in [0.717, 1.165) is 30.3 Å². The molecule has 1 aliphatic rings. The number of para-hydroxylation sites is 2. The minimum Gasteiger partial charge on any atom is -0.337 e. The first kappa shape index (κ1) is 17.5. The highest BCUT2D eigenvalue weighted by atomic mass is 16.5. The zero-order valence-electron chi connectivity index (χ0n) is 15.5. The molecule has 3 heterocycles. The van der Waals surface area contributed by atoms with Crippen LogP contribution in [0.5, 0.6) is 0 Å². The zero-order chi connectivity index (χ0) is 19.0. The number of nitrogens with zero attached hydrogens (tertiary/aromatic N) is 4. The van der Waals surface area contributed by atoms with Crippen molar-refractivity contribution in [2.75, 3.05) is 6.54 Å². The molecule has 0 unspecified atom stereocenters. The maximum atomic E-state index is 13.0. The van der Waals surface area contributed by atoms with E-state index in [1.807, 2.05) is 38.1 Å². The van der Waals surface area contributed by atoms with Gasteiger partial charge in [-0.1, -0.05) is 31.1 Å². The van der Waals surface area contributed by atoms with Crippen LogP contribution in [0.1, 0.15) is 56.8 Å². The summed E-state index contributed by atoms with van der Waals surface area (Å²) in [6.45, 7) is 4.62. The van der Waals surface area contributed by atoms with Gasteiger partial charge in [0, 0.05) is 12.5 Å². The Morgan fingerprint density at radius 1 is 1.33 bits per heavy atom. The number of rotatable bonds is 4. The van der Waals surface area contributed by atoms with Gasteiger partial charge in [-0.3, -0.25) is 9.36 Å². The van der Waals surface area contributed by atoms with Gasteiger partial charge in [0.1, 0.15) is 12.6 Å². The predicted octanol–water partition coefficient (Wildman–Crippen LogP) is 2.59. The van der Waals surface area contributed by atoms with E-state index in [0.29, 0.717) is 18.3 Å². The van der Waals surface area contributed by atoms with E-state index in [2.05, 4.69) is 15.1 Å². The Kier molecular flexibility index (Phi) is 4.55. The van der Waals surface area contributed by atoms with E-state index >= 15 is 0 Å². The van der Waals surface area contributed by atoms with Crippen LogP contribution in [0.2, 0.25) is 0 Å². The van der Waals surface area contributed by atoms with Crippen molar-refractivity contribution >= 4 is 16.9 Å². The van der Waals surface area contributed by atoms with Crippen LogP contribution in [0.25, 0.3) is 11.0 Å². The molecule has 142 valence electrons. The summed E-state index contributed by atoms with van der Waals surface area (Å²) in [5, 5.41) is 4.03. The Morgan fingerprint density at radius 2 is 2.15 bits per heavy atom. The largest absolute Gasteiger partial charge is 0.337 e. The lowest BCUT2D eigenvalue weighted by Crippen LogP contribution is -2.41. The van der Waals surface area contributed by atoms with E-state index in [9.17, 15) is 9.59 Å². The molecule has 8 heteroatoms. The molecule has 0 saturated carbocycles. The summed E-state index contributed by atoms with van der Waals surface area (Å²) in [7, 11) is 0. The van der Waals surface area contributed by atoms with E-state index in [1.165, 1.54) is 4.57 Å². The lowest BCUT2D eigenvalue weighted by atomic mass is 10.0. The number of fused-ring (bicyclic) bond motifs is 1. The predicted molar refractivity (Wildman–Crippen MR) is 99.3 cm³/mol. The van der Waals surface area contributed by atoms with Crippen LogP contribution in [0.3, 0.4) is 0 Å². The first-order valence-corrected chi connectivity index (χ1v) is 9.35. The molecule has 3 aromatic rings. The van der Waals surface area contributed by atoms with Gasteiger partial charge in [0.25, 0.3) is 0 Å². The highest BCUT2D eigenvalue weighted by Crippen LogP contribution is 2.31. The molecule has 1 amide bonds. The number of aromatic amines is 1. The van der Waals surface area contributed by atoms with Crippen molar-refractivity contribution in [3.63, 3.8) is 0 Å². The van der Waals surface area contributed by atoms with Crippen molar-refractivity contribution in [1.29, 1.82) is 0 Å². The Hall–Kier alpha value is -2.90. The van der Waals surface area contributed by atoms with Gasteiger partial charge >= 0.3 is 5.69 Å². The Bertz CT molecular complexity index is 1020. The van der Waals surface area contributed by atoms with Crippen molar-refractivity contribution in [2.24, 2.45) is 0 Å². The number of piperidine rings is 1. The van der Waals surface area contributed by atoms with Crippen LogP contribution in [0, 0.1) is 0 Å². The maximum absolute atomic E-state index is 13.0. The molecule has 0 spiro atoms. The summed E-state index contributed by atoms with van der Waals surface area (Å²) in [4.78, 5) is 34.4. The van der Waals surface area contributed by atoms with Crippen molar-refractivity contribution in [3.05, 3.63) is 46.5 Å². The van der Waals surface area contributed by atoms with E-state index < -0.39 is 0 Å². The Morgan fingerprint density at radius 3 is 2.93 bits per heavy atom. The number of amides is 1. The summed E-state index contributed by atoms with van der Waals surface area (Å²) in [5.41, 5.74) is 1.17. The molecule has 27 heavy (non-hydrogen) atoms. The SMILES string of the molecule is CC(C)c1noc([C@H]2CCCCN2C(=O)Cn2c(=O)[nH]c3ccccc32)n1. The Labute approximate surface area is 156 Å². The normalized spacial score (nSPS) is 17.7. The highest BCUT2D eigenvalue weighted by molar-refractivity contribution is 5.80. The maximum Gasteiger partial charge on any atom is 0.326 e. The molecule has 8 nitrogen and oxygen atoms in total. The average molecular weight is 369 g/mol. The average Bonchev–Trinajstić information content (AvgIpc) is 3.27. The quantitative estimate of drug-likeness (QED) is 0.762. The summed E-state index contributed by atoms with van der Waals surface area (Å²) in [5.74, 6) is 1.18. The summed E-state index contributed by atoms with van der Waals surface area (Å²) in [6, 6.07) is 7.14. The third kappa shape index (κ3) is 3.27. The van der Waals surface area contributed by atoms with E-state index in [4.69, 9.17) is 4.52 Å². The number of H-pyrrole nitrogens is 1. The number of carbonyl (C=O) groups excluding carboxylic acids is 1. The molecule has 1 fully saturated rings.